The number of hydrogen-bond acceptors (Lipinski definition) is 2. The minimum atomic E-state index is -4.38. The first kappa shape index (κ1) is 20.2. The zero-order chi connectivity index (χ0) is 19.5. The lowest BCUT2D eigenvalue weighted by Crippen LogP contribution is -2.36. The third-order valence-corrected chi connectivity index (χ3v) is 4.66. The number of aromatic nitrogens is 1. The number of urea groups is 1. The lowest BCUT2D eigenvalue weighted by atomic mass is 10.2. The summed E-state index contributed by atoms with van der Waals surface area (Å²) in [5.74, 6) is 0. The zero-order valence-electron chi connectivity index (χ0n) is 15.2. The summed E-state index contributed by atoms with van der Waals surface area (Å²) in [6, 6.07) is 4.49. The number of alkyl halides is 3. The molecule has 0 aliphatic rings. The fourth-order valence-electron chi connectivity index (χ4n) is 2.49. The molecule has 142 valence electrons. The van der Waals surface area contributed by atoms with E-state index in [4.69, 9.17) is 0 Å². The molecular weight excluding hydrogens is 363 g/mol. The number of nitrogens with zero attached hydrogens (tertiary/aromatic N) is 3. The van der Waals surface area contributed by atoms with Crippen LogP contribution in [-0.2, 0) is 6.18 Å². The van der Waals surface area contributed by atoms with Crippen LogP contribution in [0.4, 0.5) is 18.0 Å². The number of carbonyl (C=O) groups excluding carboxylic acids is 1. The zero-order valence-corrected chi connectivity index (χ0v) is 16.0. The van der Waals surface area contributed by atoms with Crippen LogP contribution in [0.5, 0.6) is 0 Å². The third kappa shape index (κ3) is 4.75. The molecule has 0 aliphatic heterocycles. The van der Waals surface area contributed by atoms with E-state index in [2.05, 4.69) is 4.99 Å². The van der Waals surface area contributed by atoms with Crippen molar-refractivity contribution in [2.24, 2.45) is 4.99 Å². The highest BCUT2D eigenvalue weighted by Crippen LogP contribution is 2.29. The van der Waals surface area contributed by atoms with Gasteiger partial charge < -0.3 is 4.90 Å². The van der Waals surface area contributed by atoms with Gasteiger partial charge in [-0.05, 0) is 51.5 Å². The van der Waals surface area contributed by atoms with Gasteiger partial charge >= 0.3 is 12.2 Å². The first-order valence-corrected chi connectivity index (χ1v) is 9.17. The number of carbonyl (C=O) groups is 1. The second kappa shape index (κ2) is 8.07. The Bertz CT molecular complexity index is 819. The molecule has 0 spiro atoms. The SMILES string of the molecule is CCCN(C(=O)N=c1sc(C)cn1-c1ccc(C(F)(F)F)cc1)C(C)C. The van der Waals surface area contributed by atoms with E-state index in [9.17, 15) is 18.0 Å². The van der Waals surface area contributed by atoms with Gasteiger partial charge in [0.2, 0.25) is 0 Å². The predicted molar refractivity (Wildman–Crippen MR) is 96.5 cm³/mol. The topological polar surface area (TPSA) is 37.6 Å². The molecule has 0 N–H and O–H groups in total. The molecule has 8 heteroatoms. The Hall–Kier alpha value is -2.09. The average molecular weight is 385 g/mol. The van der Waals surface area contributed by atoms with Crippen LogP contribution >= 0.6 is 11.3 Å². The Balaban J connectivity index is 2.43. The molecule has 0 radical (unpaired) electrons. The van der Waals surface area contributed by atoms with Crippen LogP contribution in [0.25, 0.3) is 5.69 Å². The molecule has 0 atom stereocenters. The normalized spacial score (nSPS) is 12.7. The molecule has 0 bridgehead atoms. The molecule has 0 saturated carbocycles. The van der Waals surface area contributed by atoms with Crippen molar-refractivity contribution in [1.29, 1.82) is 0 Å². The van der Waals surface area contributed by atoms with Crippen molar-refractivity contribution in [2.75, 3.05) is 6.54 Å². The fraction of sp³-hybridized carbons (Fsp3) is 0.444. The number of rotatable bonds is 4. The summed E-state index contributed by atoms with van der Waals surface area (Å²) in [7, 11) is 0. The molecule has 1 aromatic carbocycles. The molecule has 2 rings (SSSR count). The largest absolute Gasteiger partial charge is 0.416 e. The lowest BCUT2D eigenvalue weighted by Gasteiger charge is -2.23. The molecule has 0 fully saturated rings. The number of aryl methyl sites for hydroxylation is 1. The fourth-order valence-corrected chi connectivity index (χ4v) is 3.32. The summed E-state index contributed by atoms with van der Waals surface area (Å²) in [6.45, 7) is 8.30. The molecule has 4 nitrogen and oxygen atoms in total. The van der Waals surface area contributed by atoms with Gasteiger partial charge in [0.05, 0.1) is 5.56 Å². The van der Waals surface area contributed by atoms with Gasteiger partial charge in [0.15, 0.2) is 4.80 Å². The Morgan fingerprint density at radius 3 is 2.38 bits per heavy atom. The molecular formula is C18H22F3N3OS. The minimum absolute atomic E-state index is 0.0202. The van der Waals surface area contributed by atoms with Gasteiger partial charge in [-0.1, -0.05) is 6.92 Å². The van der Waals surface area contributed by atoms with E-state index in [1.165, 1.54) is 23.5 Å². The smallest absolute Gasteiger partial charge is 0.320 e. The lowest BCUT2D eigenvalue weighted by molar-refractivity contribution is -0.137. The third-order valence-electron chi connectivity index (χ3n) is 3.77. The maximum Gasteiger partial charge on any atom is 0.416 e. The Morgan fingerprint density at radius 1 is 1.27 bits per heavy atom. The van der Waals surface area contributed by atoms with E-state index >= 15 is 0 Å². The predicted octanol–water partition coefficient (Wildman–Crippen LogP) is 5.01. The van der Waals surface area contributed by atoms with E-state index in [-0.39, 0.29) is 12.1 Å². The quantitative estimate of drug-likeness (QED) is 0.729. The molecule has 0 saturated heterocycles. The van der Waals surface area contributed by atoms with Crippen molar-refractivity contribution in [3.63, 3.8) is 0 Å². The van der Waals surface area contributed by atoms with Crippen molar-refractivity contribution >= 4 is 17.4 Å². The molecule has 0 aliphatic carbocycles. The Labute approximate surface area is 154 Å². The van der Waals surface area contributed by atoms with Crippen LogP contribution in [0.3, 0.4) is 0 Å². The second-order valence-corrected chi connectivity index (χ2v) is 7.43. The average Bonchev–Trinajstić information content (AvgIpc) is 2.91. The highest BCUT2D eigenvalue weighted by molar-refractivity contribution is 7.09. The van der Waals surface area contributed by atoms with Crippen LogP contribution in [-0.4, -0.2) is 28.1 Å². The van der Waals surface area contributed by atoms with Crippen molar-refractivity contribution in [3.8, 4) is 5.69 Å². The highest BCUT2D eigenvalue weighted by atomic mass is 32.1. The van der Waals surface area contributed by atoms with Crippen LogP contribution in [0, 0.1) is 6.92 Å². The van der Waals surface area contributed by atoms with Crippen molar-refractivity contribution in [2.45, 2.75) is 46.3 Å². The number of thiazole rings is 1. The van der Waals surface area contributed by atoms with Gasteiger partial charge in [0, 0.05) is 29.3 Å². The van der Waals surface area contributed by atoms with Crippen LogP contribution < -0.4 is 4.80 Å². The van der Waals surface area contributed by atoms with Crippen molar-refractivity contribution in [3.05, 3.63) is 45.7 Å². The molecule has 26 heavy (non-hydrogen) atoms. The molecule has 1 heterocycles. The summed E-state index contributed by atoms with van der Waals surface area (Å²) in [5, 5.41) is 0. The van der Waals surface area contributed by atoms with Crippen molar-refractivity contribution in [1.82, 2.24) is 9.47 Å². The van der Waals surface area contributed by atoms with Crippen LogP contribution in [0.15, 0.2) is 35.5 Å². The number of amides is 2. The van der Waals surface area contributed by atoms with E-state index in [1.807, 2.05) is 27.7 Å². The molecule has 2 amide bonds. The summed E-state index contributed by atoms with van der Waals surface area (Å²) in [6.07, 6.45) is -1.80. The van der Waals surface area contributed by atoms with Gasteiger partial charge in [-0.15, -0.1) is 11.3 Å². The number of hydrogen-bond donors (Lipinski definition) is 0. The maximum atomic E-state index is 12.7. The number of benzene rings is 1. The summed E-state index contributed by atoms with van der Waals surface area (Å²) < 4.78 is 39.9. The number of halogens is 3. The standard InChI is InChI=1S/C18H22F3N3OS/c1-5-10-23(12(2)3)16(25)22-17-24(11-13(4)26-17)15-8-6-14(7-9-15)18(19,20)21/h6-9,11-12H,5,10H2,1-4H3. The van der Waals surface area contributed by atoms with Crippen LogP contribution in [0.2, 0.25) is 0 Å². The van der Waals surface area contributed by atoms with Crippen LogP contribution in [0.1, 0.15) is 37.6 Å². The summed E-state index contributed by atoms with van der Waals surface area (Å²) in [5.41, 5.74) is -0.183. The van der Waals surface area contributed by atoms with Crippen molar-refractivity contribution < 1.29 is 18.0 Å². The second-order valence-electron chi connectivity index (χ2n) is 6.22. The van der Waals surface area contributed by atoms with Gasteiger partial charge in [-0.2, -0.15) is 18.2 Å². The summed E-state index contributed by atoms with van der Waals surface area (Å²) >= 11 is 1.32. The monoisotopic (exact) mass is 385 g/mol. The van der Waals surface area contributed by atoms with Gasteiger partial charge in [-0.25, -0.2) is 4.79 Å². The van der Waals surface area contributed by atoms with E-state index in [0.29, 0.717) is 17.0 Å². The minimum Gasteiger partial charge on any atom is -0.320 e. The van der Waals surface area contributed by atoms with E-state index < -0.39 is 11.7 Å². The van der Waals surface area contributed by atoms with E-state index in [1.54, 1.807) is 15.7 Å². The van der Waals surface area contributed by atoms with Gasteiger partial charge in [0.1, 0.15) is 0 Å². The Kier molecular flexibility index (Phi) is 6.28. The van der Waals surface area contributed by atoms with Gasteiger partial charge in [-0.3, -0.25) is 4.57 Å². The van der Waals surface area contributed by atoms with Gasteiger partial charge in [0.25, 0.3) is 0 Å². The first-order valence-electron chi connectivity index (χ1n) is 8.35. The first-order chi connectivity index (χ1) is 12.1. The molecule has 2 aromatic rings. The summed E-state index contributed by atoms with van der Waals surface area (Å²) in [4.78, 5) is 19.8. The maximum absolute atomic E-state index is 12.7. The highest BCUT2D eigenvalue weighted by Gasteiger charge is 2.30. The Morgan fingerprint density at radius 2 is 1.88 bits per heavy atom. The van der Waals surface area contributed by atoms with E-state index in [0.717, 1.165) is 23.4 Å². The molecule has 0 unspecified atom stereocenters. The molecule has 1 aromatic heterocycles.